The van der Waals surface area contributed by atoms with Crippen LogP contribution in [0.2, 0.25) is 0 Å². The third-order valence-electron chi connectivity index (χ3n) is 5.34. The van der Waals surface area contributed by atoms with Crippen LogP contribution in [0.1, 0.15) is 34.9 Å². The molecule has 29 heavy (non-hydrogen) atoms. The second kappa shape index (κ2) is 7.09. The zero-order valence-electron chi connectivity index (χ0n) is 15.6. The van der Waals surface area contributed by atoms with Gasteiger partial charge < -0.3 is 4.90 Å². The van der Waals surface area contributed by atoms with Gasteiger partial charge in [-0.05, 0) is 48.7 Å². The average Bonchev–Trinajstić information content (AvgIpc) is 3.40. The fourth-order valence-corrected chi connectivity index (χ4v) is 3.94. The highest BCUT2D eigenvalue weighted by Gasteiger charge is 2.33. The molecule has 0 bridgehead atoms. The van der Waals surface area contributed by atoms with Gasteiger partial charge >= 0.3 is 0 Å². The molecule has 1 fully saturated rings. The number of rotatable bonds is 3. The van der Waals surface area contributed by atoms with E-state index in [0.717, 1.165) is 35.2 Å². The van der Waals surface area contributed by atoms with Crippen molar-refractivity contribution in [2.75, 3.05) is 6.54 Å². The van der Waals surface area contributed by atoms with E-state index in [2.05, 4.69) is 15.3 Å². The molecule has 0 saturated carbocycles. The summed E-state index contributed by atoms with van der Waals surface area (Å²) in [6, 6.07) is 13.7. The molecule has 1 aliphatic rings. The lowest BCUT2D eigenvalue weighted by atomic mass is 10.1. The van der Waals surface area contributed by atoms with Crippen LogP contribution >= 0.6 is 0 Å². The lowest BCUT2D eigenvalue weighted by Gasteiger charge is -2.23. The Morgan fingerprint density at radius 1 is 1.10 bits per heavy atom. The smallest absolute Gasteiger partial charge is 0.255 e. The molecule has 6 nitrogen and oxygen atoms in total. The van der Waals surface area contributed by atoms with Gasteiger partial charge in [0.05, 0.1) is 17.1 Å². The van der Waals surface area contributed by atoms with E-state index >= 15 is 0 Å². The molecule has 0 N–H and O–H groups in total. The van der Waals surface area contributed by atoms with Gasteiger partial charge in [0, 0.05) is 30.7 Å². The van der Waals surface area contributed by atoms with Gasteiger partial charge in [0.2, 0.25) is 0 Å². The highest BCUT2D eigenvalue weighted by Crippen LogP contribution is 2.34. The van der Waals surface area contributed by atoms with Crippen molar-refractivity contribution in [1.29, 1.82) is 0 Å². The van der Waals surface area contributed by atoms with Crippen LogP contribution in [-0.2, 0) is 0 Å². The molecular formula is C22H18FN5O. The summed E-state index contributed by atoms with van der Waals surface area (Å²) in [7, 11) is 0. The fraction of sp³-hybridized carbons (Fsp3) is 0.182. The zero-order chi connectivity index (χ0) is 19.8. The normalized spacial score (nSPS) is 16.4. The topological polar surface area (TPSA) is 63.4 Å². The second-order valence-corrected chi connectivity index (χ2v) is 7.13. The van der Waals surface area contributed by atoms with E-state index < -0.39 is 0 Å². The van der Waals surface area contributed by atoms with Crippen LogP contribution in [0.5, 0.6) is 0 Å². The van der Waals surface area contributed by atoms with Crippen molar-refractivity contribution in [3.05, 3.63) is 84.2 Å². The van der Waals surface area contributed by atoms with E-state index in [1.54, 1.807) is 35.1 Å². The molecule has 4 aromatic rings. The zero-order valence-corrected chi connectivity index (χ0v) is 15.6. The van der Waals surface area contributed by atoms with Crippen LogP contribution in [0.4, 0.5) is 4.39 Å². The Kier molecular flexibility index (Phi) is 4.27. The van der Waals surface area contributed by atoms with E-state index in [9.17, 15) is 9.18 Å². The van der Waals surface area contributed by atoms with Crippen LogP contribution in [0.3, 0.4) is 0 Å². The summed E-state index contributed by atoms with van der Waals surface area (Å²) in [5.41, 5.74) is 3.83. The van der Waals surface area contributed by atoms with Crippen molar-refractivity contribution >= 4 is 11.4 Å². The Hall–Kier alpha value is -3.61. The maximum atomic E-state index is 13.6. The first-order chi connectivity index (χ1) is 14.2. The van der Waals surface area contributed by atoms with Crippen molar-refractivity contribution in [3.8, 4) is 11.1 Å². The Morgan fingerprint density at radius 3 is 2.86 bits per heavy atom. The monoisotopic (exact) mass is 387 g/mol. The molecule has 0 spiro atoms. The minimum atomic E-state index is -0.280. The molecule has 1 aromatic carbocycles. The Morgan fingerprint density at radius 2 is 2.03 bits per heavy atom. The van der Waals surface area contributed by atoms with Crippen molar-refractivity contribution in [2.24, 2.45) is 0 Å². The number of pyridine rings is 2. The fourth-order valence-electron chi connectivity index (χ4n) is 3.94. The van der Waals surface area contributed by atoms with Crippen molar-refractivity contribution < 1.29 is 9.18 Å². The lowest BCUT2D eigenvalue weighted by molar-refractivity contribution is 0.0733. The molecule has 144 valence electrons. The van der Waals surface area contributed by atoms with Crippen molar-refractivity contribution in [3.63, 3.8) is 0 Å². The number of nitrogens with zero attached hydrogens (tertiary/aromatic N) is 5. The number of aromatic nitrogens is 4. The third kappa shape index (κ3) is 3.14. The highest BCUT2D eigenvalue weighted by atomic mass is 19.1. The maximum Gasteiger partial charge on any atom is 0.255 e. The predicted octanol–water partition coefficient (Wildman–Crippen LogP) is 3.91. The number of likely N-dealkylation sites (tertiary alicyclic amines) is 1. The number of carbonyl (C=O) groups is 1. The van der Waals surface area contributed by atoms with Gasteiger partial charge in [-0.2, -0.15) is 0 Å². The molecule has 4 heterocycles. The van der Waals surface area contributed by atoms with Gasteiger partial charge in [-0.15, -0.1) is 5.10 Å². The van der Waals surface area contributed by atoms with E-state index in [4.69, 9.17) is 0 Å². The molecule has 7 heteroatoms. The summed E-state index contributed by atoms with van der Waals surface area (Å²) in [6.07, 6.45) is 6.83. The quantitative estimate of drug-likeness (QED) is 0.535. The minimum Gasteiger partial charge on any atom is -0.330 e. The van der Waals surface area contributed by atoms with Crippen LogP contribution in [0.15, 0.2) is 67.1 Å². The number of hydrogen-bond donors (Lipinski definition) is 0. The van der Waals surface area contributed by atoms with E-state index in [1.165, 1.54) is 12.1 Å². The van der Waals surface area contributed by atoms with E-state index in [0.29, 0.717) is 12.1 Å². The van der Waals surface area contributed by atoms with Gasteiger partial charge in [-0.25, -0.2) is 8.91 Å². The molecule has 0 radical (unpaired) electrons. The third-order valence-corrected chi connectivity index (χ3v) is 5.34. The SMILES string of the molecule is O=C(c1cccnc1)N1CCCC1c1nnn2cc(-c3cccc(F)c3)ccc12. The second-order valence-electron chi connectivity index (χ2n) is 7.13. The van der Waals surface area contributed by atoms with Crippen molar-refractivity contribution in [1.82, 2.24) is 24.7 Å². The lowest BCUT2D eigenvalue weighted by Crippen LogP contribution is -2.30. The number of halogens is 1. The summed E-state index contributed by atoms with van der Waals surface area (Å²) in [6.45, 7) is 0.679. The van der Waals surface area contributed by atoms with Gasteiger partial charge in [-0.1, -0.05) is 23.4 Å². The first-order valence-corrected chi connectivity index (χ1v) is 9.52. The molecule has 1 atom stereocenters. The van der Waals surface area contributed by atoms with Gasteiger partial charge in [0.25, 0.3) is 5.91 Å². The maximum absolute atomic E-state index is 13.6. The van der Waals surface area contributed by atoms with Crippen LogP contribution < -0.4 is 0 Å². The van der Waals surface area contributed by atoms with Crippen LogP contribution in [-0.4, -0.2) is 37.2 Å². The van der Waals surface area contributed by atoms with E-state index in [-0.39, 0.29) is 17.8 Å². The van der Waals surface area contributed by atoms with Crippen LogP contribution in [0, 0.1) is 5.82 Å². The van der Waals surface area contributed by atoms with Gasteiger partial charge in [0.1, 0.15) is 11.5 Å². The molecule has 1 amide bonds. The molecule has 1 unspecified atom stereocenters. The molecule has 0 aliphatic carbocycles. The summed E-state index contributed by atoms with van der Waals surface area (Å²) >= 11 is 0. The molecule has 3 aromatic heterocycles. The first-order valence-electron chi connectivity index (χ1n) is 9.52. The summed E-state index contributed by atoms with van der Waals surface area (Å²) < 4.78 is 15.3. The molecule has 5 rings (SSSR count). The Labute approximate surface area is 166 Å². The first kappa shape index (κ1) is 17.5. The predicted molar refractivity (Wildman–Crippen MR) is 106 cm³/mol. The van der Waals surface area contributed by atoms with Gasteiger partial charge in [-0.3, -0.25) is 9.78 Å². The molecule has 1 aliphatic heterocycles. The summed E-state index contributed by atoms with van der Waals surface area (Å²) in [5, 5.41) is 8.65. The van der Waals surface area contributed by atoms with Gasteiger partial charge in [0.15, 0.2) is 0 Å². The highest BCUT2D eigenvalue weighted by molar-refractivity contribution is 5.94. The van der Waals surface area contributed by atoms with E-state index in [1.807, 2.05) is 29.3 Å². The number of benzene rings is 1. The number of carbonyl (C=O) groups excluding carboxylic acids is 1. The Bertz CT molecular complexity index is 1190. The summed E-state index contributed by atoms with van der Waals surface area (Å²) in [5.74, 6) is -0.324. The van der Waals surface area contributed by atoms with Crippen LogP contribution in [0.25, 0.3) is 16.6 Å². The number of fused-ring (bicyclic) bond motifs is 1. The molecular weight excluding hydrogens is 369 g/mol. The minimum absolute atomic E-state index is 0.0434. The Balaban J connectivity index is 1.49. The average molecular weight is 387 g/mol. The largest absolute Gasteiger partial charge is 0.330 e. The number of hydrogen-bond acceptors (Lipinski definition) is 4. The number of amides is 1. The van der Waals surface area contributed by atoms with Crippen molar-refractivity contribution in [2.45, 2.75) is 18.9 Å². The standard InChI is InChI=1S/C22H18FN5O/c23-18-6-1-4-15(12-18)17-8-9-20-21(25-26-28(20)14-17)19-7-3-11-27(19)22(29)16-5-2-10-24-13-16/h1-2,4-6,8-10,12-14,19H,3,7,11H2. The molecule has 1 saturated heterocycles. The summed E-state index contributed by atoms with van der Waals surface area (Å²) in [4.78, 5) is 18.9.